The molecule has 0 aliphatic carbocycles. The zero-order valence-corrected chi connectivity index (χ0v) is 6.91. The summed E-state index contributed by atoms with van der Waals surface area (Å²) in [5.74, 6) is -0.0890. The van der Waals surface area contributed by atoms with Crippen LogP contribution >= 0.6 is 0 Å². The summed E-state index contributed by atoms with van der Waals surface area (Å²) in [7, 11) is 0. The molecule has 14 heavy (non-hydrogen) atoms. The van der Waals surface area contributed by atoms with E-state index in [1.165, 1.54) is 0 Å². The summed E-state index contributed by atoms with van der Waals surface area (Å²) >= 11 is 0. The minimum atomic E-state index is -4.37. The molecule has 8 heteroatoms. The number of aliphatic hydroxyl groups is 1. The van der Waals surface area contributed by atoms with E-state index >= 15 is 0 Å². The number of hydrogen-bond donors (Lipinski definition) is 1. The van der Waals surface area contributed by atoms with Crippen molar-refractivity contribution in [3.05, 3.63) is 11.7 Å². The standard InChI is InChI=1S/C6H7F3N2O3/c7-6(8,9)3-13-2-4-10-5(1-12)14-11-4/h12H,1-3H2. The van der Waals surface area contributed by atoms with Gasteiger partial charge < -0.3 is 14.4 Å². The van der Waals surface area contributed by atoms with Gasteiger partial charge in [-0.05, 0) is 0 Å². The Labute approximate surface area is 76.5 Å². The zero-order chi connectivity index (χ0) is 10.6. The molecule has 1 N–H and O–H groups in total. The fourth-order valence-corrected chi connectivity index (χ4v) is 0.671. The second-order valence-electron chi connectivity index (χ2n) is 2.37. The molecule has 0 spiro atoms. The Kier molecular flexibility index (Phi) is 3.42. The van der Waals surface area contributed by atoms with Gasteiger partial charge in [-0.3, -0.25) is 0 Å². The molecule has 0 aliphatic heterocycles. The summed E-state index contributed by atoms with van der Waals surface area (Å²) in [5, 5.41) is 11.8. The van der Waals surface area contributed by atoms with Gasteiger partial charge in [0.15, 0.2) is 5.82 Å². The molecule has 0 bridgehead atoms. The molecule has 1 heterocycles. The zero-order valence-electron chi connectivity index (χ0n) is 6.91. The van der Waals surface area contributed by atoms with Crippen LogP contribution < -0.4 is 0 Å². The van der Waals surface area contributed by atoms with Crippen LogP contribution in [0, 0.1) is 0 Å². The number of aromatic nitrogens is 2. The van der Waals surface area contributed by atoms with Crippen LogP contribution in [0.3, 0.4) is 0 Å². The van der Waals surface area contributed by atoms with Crippen molar-refractivity contribution in [1.82, 2.24) is 10.1 Å². The number of aliphatic hydroxyl groups excluding tert-OH is 1. The van der Waals surface area contributed by atoms with Crippen molar-refractivity contribution in [2.75, 3.05) is 6.61 Å². The van der Waals surface area contributed by atoms with Crippen molar-refractivity contribution >= 4 is 0 Å². The summed E-state index contributed by atoms with van der Waals surface area (Å²) < 4.78 is 43.5. The van der Waals surface area contributed by atoms with Gasteiger partial charge in [0, 0.05) is 0 Å². The van der Waals surface area contributed by atoms with E-state index in [4.69, 9.17) is 5.11 Å². The third-order valence-electron chi connectivity index (χ3n) is 1.14. The molecule has 0 saturated heterocycles. The molecule has 0 aliphatic rings. The van der Waals surface area contributed by atoms with E-state index in [2.05, 4.69) is 19.4 Å². The molecule has 0 saturated carbocycles. The molecule has 0 unspecified atom stereocenters. The van der Waals surface area contributed by atoms with Gasteiger partial charge in [0.05, 0.1) is 0 Å². The van der Waals surface area contributed by atoms with Gasteiger partial charge in [-0.2, -0.15) is 18.2 Å². The summed E-state index contributed by atoms with van der Waals surface area (Å²) in [6.45, 7) is -2.22. The van der Waals surface area contributed by atoms with Crippen LogP contribution in [0.1, 0.15) is 11.7 Å². The van der Waals surface area contributed by atoms with Crippen molar-refractivity contribution in [1.29, 1.82) is 0 Å². The molecule has 1 aromatic heterocycles. The Hall–Kier alpha value is -1.15. The molecule has 1 aromatic rings. The first-order valence-electron chi connectivity index (χ1n) is 3.58. The van der Waals surface area contributed by atoms with E-state index in [-0.39, 0.29) is 11.7 Å². The normalized spacial score (nSPS) is 12.0. The number of ether oxygens (including phenoxy) is 1. The molecule has 5 nitrogen and oxygen atoms in total. The van der Waals surface area contributed by atoms with E-state index in [1.54, 1.807) is 0 Å². The lowest BCUT2D eigenvalue weighted by atomic mass is 10.6. The van der Waals surface area contributed by atoms with Gasteiger partial charge in [0.25, 0.3) is 5.89 Å². The van der Waals surface area contributed by atoms with Gasteiger partial charge in [-0.15, -0.1) is 0 Å². The Morgan fingerprint density at radius 3 is 2.64 bits per heavy atom. The quantitative estimate of drug-likeness (QED) is 0.793. The molecule has 80 valence electrons. The minimum absolute atomic E-state index is 0.0294. The fraction of sp³-hybridized carbons (Fsp3) is 0.667. The van der Waals surface area contributed by atoms with Crippen LogP contribution in [0.2, 0.25) is 0 Å². The van der Waals surface area contributed by atoms with Crippen molar-refractivity contribution in [3.63, 3.8) is 0 Å². The van der Waals surface area contributed by atoms with Crippen LogP contribution in [0.4, 0.5) is 13.2 Å². The smallest absolute Gasteiger partial charge is 0.387 e. The van der Waals surface area contributed by atoms with Gasteiger partial charge in [-0.1, -0.05) is 5.16 Å². The maximum Gasteiger partial charge on any atom is 0.411 e. The largest absolute Gasteiger partial charge is 0.411 e. The van der Waals surface area contributed by atoms with Crippen LogP contribution in [0.25, 0.3) is 0 Å². The molecule has 0 aromatic carbocycles. The highest BCUT2D eigenvalue weighted by Gasteiger charge is 2.27. The molecular formula is C6H7F3N2O3. The number of hydrogen-bond acceptors (Lipinski definition) is 5. The summed E-state index contributed by atoms with van der Waals surface area (Å²) in [4.78, 5) is 3.53. The second kappa shape index (κ2) is 4.38. The van der Waals surface area contributed by atoms with Gasteiger partial charge in [-0.25, -0.2) is 0 Å². The summed E-state index contributed by atoms with van der Waals surface area (Å²) in [6, 6.07) is 0. The second-order valence-corrected chi connectivity index (χ2v) is 2.37. The third kappa shape index (κ3) is 3.71. The first-order chi connectivity index (χ1) is 6.51. The number of halogens is 3. The average Bonchev–Trinajstić information content (AvgIpc) is 2.50. The molecule has 0 radical (unpaired) electrons. The topological polar surface area (TPSA) is 68.4 Å². The number of rotatable bonds is 4. The van der Waals surface area contributed by atoms with E-state index in [0.717, 1.165) is 0 Å². The predicted octanol–water partition coefficient (Wildman–Crippen LogP) is 0.641. The highest BCUT2D eigenvalue weighted by Crippen LogP contribution is 2.15. The van der Waals surface area contributed by atoms with Gasteiger partial charge in [0.1, 0.15) is 19.8 Å². The fourth-order valence-electron chi connectivity index (χ4n) is 0.671. The highest BCUT2D eigenvalue weighted by atomic mass is 19.4. The molecular weight excluding hydrogens is 205 g/mol. The number of alkyl halides is 3. The molecule has 0 fully saturated rings. The lowest BCUT2D eigenvalue weighted by molar-refractivity contribution is -0.177. The molecule has 1 rings (SSSR count). The number of nitrogens with zero attached hydrogens (tertiary/aromatic N) is 2. The van der Waals surface area contributed by atoms with Crippen LogP contribution in [-0.2, 0) is 18.0 Å². The SMILES string of the molecule is OCc1nc(COCC(F)(F)F)no1. The maximum atomic E-state index is 11.6. The lowest BCUT2D eigenvalue weighted by Gasteiger charge is -2.04. The Bertz CT molecular complexity index is 286. The van der Waals surface area contributed by atoms with E-state index in [0.29, 0.717) is 0 Å². The average molecular weight is 212 g/mol. The third-order valence-corrected chi connectivity index (χ3v) is 1.14. The van der Waals surface area contributed by atoms with Crippen molar-refractivity contribution < 1.29 is 27.5 Å². The van der Waals surface area contributed by atoms with Crippen LogP contribution in [0.15, 0.2) is 4.52 Å². The summed E-state index contributed by atoms with van der Waals surface area (Å²) in [6.07, 6.45) is -4.37. The maximum absolute atomic E-state index is 11.6. The monoisotopic (exact) mass is 212 g/mol. The first-order valence-corrected chi connectivity index (χ1v) is 3.58. The van der Waals surface area contributed by atoms with Crippen molar-refractivity contribution in [2.24, 2.45) is 0 Å². The Balaban J connectivity index is 2.31. The molecule has 0 amide bonds. The van der Waals surface area contributed by atoms with E-state index in [9.17, 15) is 13.2 Å². The van der Waals surface area contributed by atoms with Crippen molar-refractivity contribution in [2.45, 2.75) is 19.4 Å². The first kappa shape index (κ1) is 10.9. The van der Waals surface area contributed by atoms with Crippen LogP contribution in [-0.4, -0.2) is 28.0 Å². The lowest BCUT2D eigenvalue weighted by Crippen LogP contribution is -2.16. The van der Waals surface area contributed by atoms with Crippen molar-refractivity contribution in [3.8, 4) is 0 Å². The predicted molar refractivity (Wildman–Crippen MR) is 35.9 cm³/mol. The Morgan fingerprint density at radius 2 is 2.14 bits per heavy atom. The van der Waals surface area contributed by atoms with Crippen LogP contribution in [0.5, 0.6) is 0 Å². The summed E-state index contributed by atoms with van der Waals surface area (Å²) in [5.41, 5.74) is 0. The minimum Gasteiger partial charge on any atom is -0.387 e. The Morgan fingerprint density at radius 1 is 1.43 bits per heavy atom. The highest BCUT2D eigenvalue weighted by molar-refractivity contribution is 4.82. The van der Waals surface area contributed by atoms with Gasteiger partial charge in [0.2, 0.25) is 0 Å². The van der Waals surface area contributed by atoms with E-state index in [1.807, 2.05) is 0 Å². The van der Waals surface area contributed by atoms with E-state index < -0.39 is 26.0 Å². The van der Waals surface area contributed by atoms with Gasteiger partial charge >= 0.3 is 6.18 Å². The molecule has 0 atom stereocenters.